The summed E-state index contributed by atoms with van der Waals surface area (Å²) >= 11 is 3.38. The van der Waals surface area contributed by atoms with Crippen molar-refractivity contribution in [1.82, 2.24) is 10.2 Å². The molecule has 0 atom stereocenters. The molecule has 5 heteroatoms. The lowest BCUT2D eigenvalue weighted by Gasteiger charge is -2.38. The molecule has 0 radical (unpaired) electrons. The van der Waals surface area contributed by atoms with E-state index in [0.29, 0.717) is 12.8 Å². The number of hydrogen-bond acceptors (Lipinski definition) is 2. The summed E-state index contributed by atoms with van der Waals surface area (Å²) in [6, 6.07) is 5.70. The van der Waals surface area contributed by atoms with Crippen molar-refractivity contribution in [3.63, 3.8) is 0 Å². The van der Waals surface area contributed by atoms with Gasteiger partial charge in [0.2, 0.25) is 0 Å². The van der Waals surface area contributed by atoms with Crippen molar-refractivity contribution >= 4 is 32.8 Å². The number of aromatic nitrogens is 2. The molecule has 4 nitrogen and oxygen atoms in total. The fourth-order valence-corrected chi connectivity index (χ4v) is 2.93. The Hall–Kier alpha value is -1.36. The summed E-state index contributed by atoms with van der Waals surface area (Å²) in [6.07, 6.45) is 2.37. The monoisotopic (exact) mass is 294 g/mol. The number of rotatable bonds is 2. The lowest BCUT2D eigenvalue weighted by atomic mass is 9.64. The maximum Gasteiger partial charge on any atom is 0.314 e. The summed E-state index contributed by atoms with van der Waals surface area (Å²) in [4.78, 5) is 11.5. The van der Waals surface area contributed by atoms with Crippen LogP contribution in [0.15, 0.2) is 22.8 Å². The average Bonchev–Trinajstić information content (AvgIpc) is 2.59. The van der Waals surface area contributed by atoms with E-state index in [2.05, 4.69) is 26.1 Å². The summed E-state index contributed by atoms with van der Waals surface area (Å²) in [5, 5.41) is 17.5. The number of carbonyl (C=O) groups is 1. The molecule has 1 aromatic heterocycles. The van der Waals surface area contributed by atoms with Gasteiger partial charge in [0.05, 0.1) is 10.9 Å². The maximum atomic E-state index is 11.5. The molecule has 0 spiro atoms. The normalized spacial score (nSPS) is 17.9. The summed E-state index contributed by atoms with van der Waals surface area (Å²) in [5.41, 5.74) is 0.867. The van der Waals surface area contributed by atoms with E-state index in [0.717, 1.165) is 27.5 Å². The Morgan fingerprint density at radius 1 is 1.47 bits per heavy atom. The molecule has 2 aromatic rings. The van der Waals surface area contributed by atoms with E-state index in [4.69, 9.17) is 0 Å². The van der Waals surface area contributed by atoms with Gasteiger partial charge >= 0.3 is 5.97 Å². The minimum atomic E-state index is -0.740. The number of benzene rings is 1. The largest absolute Gasteiger partial charge is 0.481 e. The molecule has 0 amide bonds. The first kappa shape index (κ1) is 10.8. The minimum Gasteiger partial charge on any atom is -0.481 e. The molecule has 3 rings (SSSR count). The number of nitrogens with zero attached hydrogens (tertiary/aromatic N) is 1. The number of carboxylic acids is 1. The van der Waals surface area contributed by atoms with Crippen molar-refractivity contribution < 1.29 is 9.90 Å². The molecule has 0 bridgehead atoms. The second kappa shape index (κ2) is 3.57. The van der Waals surface area contributed by atoms with Crippen molar-refractivity contribution in [3.8, 4) is 0 Å². The van der Waals surface area contributed by atoms with Crippen LogP contribution < -0.4 is 0 Å². The fraction of sp³-hybridized carbons (Fsp3) is 0.333. The highest BCUT2D eigenvalue weighted by molar-refractivity contribution is 9.10. The molecule has 1 heterocycles. The standard InChI is InChI=1S/C12H11BrN2O2/c13-10-7-3-1-4-8(9(7)14-15-10)12(11(16)17)5-2-6-12/h1,3-4H,2,5-6H2,(H,14,15)(H,16,17). The number of aliphatic carboxylic acids is 1. The number of H-pyrrole nitrogens is 1. The highest BCUT2D eigenvalue weighted by atomic mass is 79.9. The van der Waals surface area contributed by atoms with Crippen LogP contribution in [0.3, 0.4) is 0 Å². The molecule has 0 saturated heterocycles. The zero-order chi connectivity index (χ0) is 12.0. The predicted molar refractivity (Wildman–Crippen MR) is 67.0 cm³/mol. The third-order valence-electron chi connectivity index (χ3n) is 3.67. The molecule has 1 aliphatic rings. The molecule has 0 aliphatic heterocycles. The average molecular weight is 295 g/mol. The molecule has 1 aliphatic carbocycles. The number of fused-ring (bicyclic) bond motifs is 1. The minimum absolute atomic E-state index is 0.700. The number of hydrogen-bond donors (Lipinski definition) is 2. The molecule has 2 N–H and O–H groups in total. The first-order valence-corrected chi connectivity index (χ1v) is 6.31. The van der Waals surface area contributed by atoms with Crippen LogP contribution in [0.2, 0.25) is 0 Å². The smallest absolute Gasteiger partial charge is 0.314 e. The highest BCUT2D eigenvalue weighted by Crippen LogP contribution is 2.46. The van der Waals surface area contributed by atoms with Crippen LogP contribution >= 0.6 is 15.9 Å². The number of carboxylic acid groups (broad SMARTS) is 1. The van der Waals surface area contributed by atoms with Gasteiger partial charge in [-0.15, -0.1) is 0 Å². The van der Waals surface area contributed by atoms with Crippen LogP contribution in [0.4, 0.5) is 0 Å². The lowest BCUT2D eigenvalue weighted by molar-refractivity contribution is -0.147. The van der Waals surface area contributed by atoms with Crippen LogP contribution in [-0.2, 0) is 10.2 Å². The number of aromatic amines is 1. The van der Waals surface area contributed by atoms with Crippen molar-refractivity contribution in [1.29, 1.82) is 0 Å². The van der Waals surface area contributed by atoms with E-state index in [1.165, 1.54) is 0 Å². The lowest BCUT2D eigenvalue weighted by Crippen LogP contribution is -2.42. The summed E-state index contributed by atoms with van der Waals surface area (Å²) in [5.74, 6) is -0.740. The molecule has 1 saturated carbocycles. The van der Waals surface area contributed by atoms with Gasteiger partial charge in [0.1, 0.15) is 4.60 Å². The third-order valence-corrected chi connectivity index (χ3v) is 4.27. The van der Waals surface area contributed by atoms with Crippen LogP contribution in [0.5, 0.6) is 0 Å². The molecular formula is C12H11BrN2O2. The fourth-order valence-electron chi connectivity index (χ4n) is 2.52. The van der Waals surface area contributed by atoms with Gasteiger partial charge in [0.15, 0.2) is 0 Å². The van der Waals surface area contributed by atoms with Crippen molar-refractivity contribution in [2.24, 2.45) is 0 Å². The topological polar surface area (TPSA) is 66.0 Å². The summed E-state index contributed by atoms with van der Waals surface area (Å²) in [7, 11) is 0. The van der Waals surface area contributed by atoms with E-state index < -0.39 is 11.4 Å². The first-order chi connectivity index (χ1) is 8.15. The van der Waals surface area contributed by atoms with Gasteiger partial charge in [-0.1, -0.05) is 24.6 Å². The summed E-state index contributed by atoms with van der Waals surface area (Å²) in [6.45, 7) is 0. The first-order valence-electron chi connectivity index (χ1n) is 5.52. The van der Waals surface area contributed by atoms with E-state index >= 15 is 0 Å². The quantitative estimate of drug-likeness (QED) is 0.895. The van der Waals surface area contributed by atoms with Crippen molar-refractivity contribution in [2.75, 3.05) is 0 Å². The van der Waals surface area contributed by atoms with E-state index in [1.807, 2.05) is 18.2 Å². The number of halogens is 1. The van der Waals surface area contributed by atoms with Crippen molar-refractivity contribution in [3.05, 3.63) is 28.4 Å². The molecule has 17 heavy (non-hydrogen) atoms. The second-order valence-corrected chi connectivity index (χ2v) is 5.27. The number of nitrogens with one attached hydrogen (secondary N) is 1. The van der Waals surface area contributed by atoms with E-state index in [-0.39, 0.29) is 0 Å². The Kier molecular flexibility index (Phi) is 2.26. The Morgan fingerprint density at radius 2 is 2.24 bits per heavy atom. The third kappa shape index (κ3) is 1.35. The molecule has 88 valence electrons. The highest BCUT2D eigenvalue weighted by Gasteiger charge is 2.47. The predicted octanol–water partition coefficient (Wildman–Crippen LogP) is 2.83. The van der Waals surface area contributed by atoms with Gasteiger partial charge in [-0.25, -0.2) is 0 Å². The van der Waals surface area contributed by atoms with Gasteiger partial charge in [0.25, 0.3) is 0 Å². The SMILES string of the molecule is O=C(O)C1(c2cccc3c(Br)[nH]nc23)CCC1. The molecule has 1 fully saturated rings. The van der Waals surface area contributed by atoms with Gasteiger partial charge in [-0.2, -0.15) is 5.10 Å². The van der Waals surface area contributed by atoms with Crippen LogP contribution in [0.1, 0.15) is 24.8 Å². The Labute approximate surface area is 106 Å². The Balaban J connectivity index is 2.27. The Bertz CT molecular complexity index is 602. The van der Waals surface area contributed by atoms with E-state index in [1.54, 1.807) is 0 Å². The zero-order valence-corrected chi connectivity index (χ0v) is 10.6. The van der Waals surface area contributed by atoms with Crippen LogP contribution in [0.25, 0.3) is 10.9 Å². The molecule has 0 unspecified atom stereocenters. The van der Waals surface area contributed by atoms with Crippen LogP contribution in [-0.4, -0.2) is 21.3 Å². The maximum absolute atomic E-state index is 11.5. The van der Waals surface area contributed by atoms with E-state index in [9.17, 15) is 9.90 Å². The molecular weight excluding hydrogens is 284 g/mol. The second-order valence-electron chi connectivity index (χ2n) is 4.48. The Morgan fingerprint density at radius 3 is 2.82 bits per heavy atom. The van der Waals surface area contributed by atoms with Gasteiger partial charge in [-0.3, -0.25) is 9.89 Å². The van der Waals surface area contributed by atoms with Gasteiger partial charge in [0, 0.05) is 5.39 Å². The van der Waals surface area contributed by atoms with Gasteiger partial charge in [-0.05, 0) is 34.3 Å². The van der Waals surface area contributed by atoms with Crippen LogP contribution in [0, 0.1) is 0 Å². The summed E-state index contributed by atoms with van der Waals surface area (Å²) < 4.78 is 0.800. The number of para-hydroxylation sites is 1. The molecule has 1 aromatic carbocycles. The zero-order valence-electron chi connectivity index (χ0n) is 9.03. The van der Waals surface area contributed by atoms with Gasteiger partial charge < -0.3 is 5.11 Å². The van der Waals surface area contributed by atoms with Crippen molar-refractivity contribution in [2.45, 2.75) is 24.7 Å².